The van der Waals surface area contributed by atoms with Crippen LogP contribution in [-0.2, 0) is 12.8 Å². The average Bonchev–Trinajstić information content (AvgIpc) is 3.26. The van der Waals surface area contributed by atoms with Crippen LogP contribution in [0.3, 0.4) is 0 Å². The molecule has 6 heteroatoms. The molecule has 174 valence electrons. The Hall–Kier alpha value is -3.93. The van der Waals surface area contributed by atoms with E-state index in [1.807, 2.05) is 53.4 Å². The minimum absolute atomic E-state index is 0.119. The predicted octanol–water partition coefficient (Wildman–Crippen LogP) is 5.93. The van der Waals surface area contributed by atoms with E-state index in [2.05, 4.69) is 35.4 Å². The Morgan fingerprint density at radius 1 is 1.00 bits per heavy atom. The topological polar surface area (TPSA) is 66.6 Å². The summed E-state index contributed by atoms with van der Waals surface area (Å²) in [7, 11) is 3.34. The van der Waals surface area contributed by atoms with Crippen LogP contribution in [0.2, 0.25) is 0 Å². The summed E-state index contributed by atoms with van der Waals surface area (Å²) in [4.78, 5) is 19.0. The Bertz CT molecular complexity index is 1310. The van der Waals surface area contributed by atoms with E-state index in [0.29, 0.717) is 6.54 Å². The highest BCUT2D eigenvalue weighted by molar-refractivity contribution is 5.92. The first-order valence-corrected chi connectivity index (χ1v) is 11.6. The van der Waals surface area contributed by atoms with Gasteiger partial charge in [0.2, 0.25) is 0 Å². The van der Waals surface area contributed by atoms with E-state index < -0.39 is 0 Å². The number of aromatic amines is 1. The summed E-state index contributed by atoms with van der Waals surface area (Å²) in [6, 6.07) is 21.7. The second-order valence-corrected chi connectivity index (χ2v) is 8.53. The molecule has 2 amide bonds. The van der Waals surface area contributed by atoms with E-state index in [1.165, 1.54) is 11.1 Å². The van der Waals surface area contributed by atoms with Crippen molar-refractivity contribution in [1.82, 2.24) is 9.88 Å². The Morgan fingerprint density at radius 3 is 2.38 bits per heavy atom. The molecule has 0 saturated carbocycles. The van der Waals surface area contributed by atoms with Gasteiger partial charge in [0.1, 0.15) is 11.5 Å². The van der Waals surface area contributed by atoms with Crippen LogP contribution < -0.4 is 14.8 Å². The number of nitrogens with one attached hydrogen (secondary N) is 2. The van der Waals surface area contributed by atoms with Gasteiger partial charge < -0.3 is 24.7 Å². The maximum Gasteiger partial charge on any atom is 0.322 e. The van der Waals surface area contributed by atoms with E-state index in [4.69, 9.17) is 9.47 Å². The zero-order valence-corrected chi connectivity index (χ0v) is 19.7. The number of H-pyrrole nitrogens is 1. The molecule has 0 bridgehead atoms. The molecule has 0 spiro atoms. The number of fused-ring (bicyclic) bond motifs is 3. The van der Waals surface area contributed by atoms with E-state index in [0.717, 1.165) is 52.2 Å². The number of hydrogen-bond donors (Lipinski definition) is 2. The monoisotopic (exact) mass is 455 g/mol. The molecule has 1 aliphatic rings. The summed E-state index contributed by atoms with van der Waals surface area (Å²) in [6.45, 7) is 2.72. The van der Waals surface area contributed by atoms with Crippen molar-refractivity contribution in [2.75, 3.05) is 26.1 Å². The van der Waals surface area contributed by atoms with Gasteiger partial charge in [-0.2, -0.15) is 0 Å². The van der Waals surface area contributed by atoms with Gasteiger partial charge in [0, 0.05) is 28.8 Å². The standard InChI is InChI=1S/C28H29N3O3/c1-4-18-5-9-20(10-6-18)29-28(32)31-16-15-23-24-17-22(34-3)13-14-25(24)30-26(23)27(31)19-7-11-21(33-2)12-8-19/h5-14,17,27,30H,4,15-16H2,1-3H3,(H,29,32)/t27-/m0/s1. The molecular weight excluding hydrogens is 426 g/mol. The number of benzene rings is 3. The highest BCUT2D eigenvalue weighted by Gasteiger charge is 2.34. The summed E-state index contributed by atoms with van der Waals surface area (Å²) in [5, 5.41) is 4.24. The van der Waals surface area contributed by atoms with Crippen molar-refractivity contribution in [2.45, 2.75) is 25.8 Å². The van der Waals surface area contributed by atoms with Gasteiger partial charge in [-0.05, 0) is 72.0 Å². The molecule has 0 radical (unpaired) electrons. The van der Waals surface area contributed by atoms with Crippen molar-refractivity contribution < 1.29 is 14.3 Å². The van der Waals surface area contributed by atoms with Gasteiger partial charge in [-0.1, -0.05) is 31.2 Å². The number of nitrogens with zero attached hydrogens (tertiary/aromatic N) is 1. The molecule has 0 saturated heterocycles. The first-order valence-electron chi connectivity index (χ1n) is 11.6. The number of aromatic nitrogens is 1. The van der Waals surface area contributed by atoms with Gasteiger partial charge in [-0.25, -0.2) is 4.79 Å². The Kier molecular flexibility index (Phi) is 5.88. The summed E-state index contributed by atoms with van der Waals surface area (Å²) < 4.78 is 10.8. The van der Waals surface area contributed by atoms with Crippen LogP contribution in [0.1, 0.15) is 35.3 Å². The Balaban J connectivity index is 1.55. The fourth-order valence-electron chi connectivity index (χ4n) is 4.77. The maximum absolute atomic E-state index is 13.5. The number of amides is 2. The third kappa shape index (κ3) is 3.96. The molecule has 0 unspecified atom stereocenters. The third-order valence-electron chi connectivity index (χ3n) is 6.64. The zero-order chi connectivity index (χ0) is 23.7. The zero-order valence-electron chi connectivity index (χ0n) is 19.7. The number of urea groups is 1. The van der Waals surface area contributed by atoms with Crippen LogP contribution in [0, 0.1) is 0 Å². The second kappa shape index (κ2) is 9.14. The van der Waals surface area contributed by atoms with Crippen molar-refractivity contribution >= 4 is 22.6 Å². The lowest BCUT2D eigenvalue weighted by atomic mass is 9.92. The lowest BCUT2D eigenvalue weighted by Crippen LogP contribution is -2.43. The number of hydrogen-bond acceptors (Lipinski definition) is 3. The molecule has 5 rings (SSSR count). The highest BCUT2D eigenvalue weighted by Crippen LogP contribution is 2.40. The lowest BCUT2D eigenvalue weighted by molar-refractivity contribution is 0.193. The first kappa shape index (κ1) is 21.9. The van der Waals surface area contributed by atoms with Crippen molar-refractivity contribution in [2.24, 2.45) is 0 Å². The minimum Gasteiger partial charge on any atom is -0.497 e. The number of carbonyl (C=O) groups excluding carboxylic acids is 1. The number of methoxy groups -OCH3 is 2. The fraction of sp³-hybridized carbons (Fsp3) is 0.250. The number of aryl methyl sites for hydroxylation is 1. The molecular formula is C28H29N3O3. The van der Waals surface area contributed by atoms with Crippen LogP contribution in [-0.4, -0.2) is 36.7 Å². The van der Waals surface area contributed by atoms with Crippen LogP contribution in [0.5, 0.6) is 11.5 Å². The highest BCUT2D eigenvalue weighted by atomic mass is 16.5. The minimum atomic E-state index is -0.247. The molecule has 3 aromatic carbocycles. The first-order chi connectivity index (χ1) is 16.6. The summed E-state index contributed by atoms with van der Waals surface area (Å²) in [6.07, 6.45) is 1.73. The molecule has 1 aliphatic heterocycles. The SMILES string of the molecule is CCc1ccc(NC(=O)N2CCc3c([nH]c4ccc(OC)cc34)[C@@H]2c2ccc(OC)cc2)cc1. The van der Waals surface area contributed by atoms with E-state index in [-0.39, 0.29) is 12.1 Å². The Labute approximate surface area is 199 Å². The molecule has 0 fully saturated rings. The fourth-order valence-corrected chi connectivity index (χ4v) is 4.77. The molecule has 4 aromatic rings. The molecule has 1 aromatic heterocycles. The lowest BCUT2D eigenvalue weighted by Gasteiger charge is -2.36. The molecule has 2 heterocycles. The molecule has 6 nitrogen and oxygen atoms in total. The maximum atomic E-state index is 13.5. The van der Waals surface area contributed by atoms with Gasteiger partial charge in [-0.3, -0.25) is 0 Å². The van der Waals surface area contributed by atoms with Crippen LogP contribution in [0.4, 0.5) is 10.5 Å². The molecule has 2 N–H and O–H groups in total. The van der Waals surface area contributed by atoms with Crippen molar-refractivity contribution in [3.8, 4) is 11.5 Å². The normalized spacial score (nSPS) is 15.1. The van der Waals surface area contributed by atoms with E-state index >= 15 is 0 Å². The van der Waals surface area contributed by atoms with Crippen molar-refractivity contribution in [3.05, 3.63) is 89.1 Å². The van der Waals surface area contributed by atoms with Gasteiger partial charge in [0.25, 0.3) is 0 Å². The summed E-state index contributed by atoms with van der Waals surface area (Å²) in [5.41, 5.74) is 6.37. The number of rotatable bonds is 5. The molecule has 0 aliphatic carbocycles. The van der Waals surface area contributed by atoms with Crippen LogP contribution in [0.15, 0.2) is 66.7 Å². The van der Waals surface area contributed by atoms with E-state index in [9.17, 15) is 4.79 Å². The second-order valence-electron chi connectivity index (χ2n) is 8.53. The number of carbonyl (C=O) groups is 1. The van der Waals surface area contributed by atoms with Crippen molar-refractivity contribution in [1.29, 1.82) is 0 Å². The average molecular weight is 456 g/mol. The number of ether oxygens (including phenoxy) is 2. The predicted molar refractivity (Wildman–Crippen MR) is 135 cm³/mol. The van der Waals surface area contributed by atoms with Gasteiger partial charge in [0.15, 0.2) is 0 Å². The van der Waals surface area contributed by atoms with Gasteiger partial charge in [-0.15, -0.1) is 0 Å². The van der Waals surface area contributed by atoms with E-state index in [1.54, 1.807) is 14.2 Å². The molecule has 1 atom stereocenters. The van der Waals surface area contributed by atoms with Crippen molar-refractivity contribution in [3.63, 3.8) is 0 Å². The number of anilines is 1. The largest absolute Gasteiger partial charge is 0.497 e. The van der Waals surface area contributed by atoms with Gasteiger partial charge in [0.05, 0.1) is 20.3 Å². The van der Waals surface area contributed by atoms with Gasteiger partial charge >= 0.3 is 6.03 Å². The smallest absolute Gasteiger partial charge is 0.322 e. The van der Waals surface area contributed by atoms with Crippen LogP contribution in [0.25, 0.3) is 10.9 Å². The van der Waals surface area contributed by atoms with Crippen LogP contribution >= 0.6 is 0 Å². The Morgan fingerprint density at radius 2 is 1.71 bits per heavy atom. The summed E-state index contributed by atoms with van der Waals surface area (Å²) >= 11 is 0. The molecule has 34 heavy (non-hydrogen) atoms. The summed E-state index contributed by atoms with van der Waals surface area (Å²) in [5.74, 6) is 1.61. The quantitative estimate of drug-likeness (QED) is 0.392. The third-order valence-corrected chi connectivity index (χ3v) is 6.64.